The number of hydrogen-bond acceptors (Lipinski definition) is 11. The SMILES string of the molecule is Nc1ncc(-c2cnn(C3CCC(O)(OC=O)C(OC=O)C3)c2)c2cc(-c3c(F)ccc4ncsc34)oc12. The Hall–Kier alpha value is -4.36. The van der Waals surface area contributed by atoms with Gasteiger partial charge in [-0.25, -0.2) is 14.4 Å². The van der Waals surface area contributed by atoms with E-state index in [4.69, 9.17) is 19.6 Å². The fourth-order valence-electron chi connectivity index (χ4n) is 4.98. The minimum Gasteiger partial charge on any atom is -0.457 e. The summed E-state index contributed by atoms with van der Waals surface area (Å²) in [5.74, 6) is -1.87. The maximum Gasteiger partial charge on any atom is 0.295 e. The van der Waals surface area contributed by atoms with E-state index in [0.717, 1.165) is 0 Å². The molecule has 1 aromatic carbocycles. The van der Waals surface area contributed by atoms with E-state index in [2.05, 4.69) is 15.1 Å². The second kappa shape index (κ2) is 9.19. The average Bonchev–Trinajstić information content (AvgIpc) is 3.66. The number of rotatable bonds is 7. The summed E-state index contributed by atoms with van der Waals surface area (Å²) in [5, 5.41) is 15.7. The fourth-order valence-corrected chi connectivity index (χ4v) is 5.81. The van der Waals surface area contributed by atoms with E-state index in [1.165, 1.54) is 17.4 Å². The number of hydrogen-bond donors (Lipinski definition) is 2. The van der Waals surface area contributed by atoms with Crippen molar-refractivity contribution in [2.24, 2.45) is 0 Å². The van der Waals surface area contributed by atoms with Gasteiger partial charge in [-0.1, -0.05) is 0 Å². The first kappa shape index (κ1) is 24.0. The molecule has 4 heterocycles. The Bertz CT molecular complexity index is 1680. The van der Waals surface area contributed by atoms with Gasteiger partial charge in [-0.05, 0) is 24.6 Å². The molecule has 3 unspecified atom stereocenters. The smallest absolute Gasteiger partial charge is 0.295 e. The van der Waals surface area contributed by atoms with Crippen molar-refractivity contribution < 1.29 is 33.0 Å². The Balaban J connectivity index is 1.37. The van der Waals surface area contributed by atoms with Gasteiger partial charge in [0.15, 0.2) is 17.5 Å². The van der Waals surface area contributed by atoms with Gasteiger partial charge in [-0.3, -0.25) is 14.3 Å². The molecule has 13 heteroatoms. The average molecular weight is 538 g/mol. The van der Waals surface area contributed by atoms with Crippen LogP contribution in [0.15, 0.2) is 46.7 Å². The predicted octanol–water partition coefficient (Wildman–Crippen LogP) is 3.82. The number of carbonyl (C=O) groups is 2. The van der Waals surface area contributed by atoms with E-state index in [9.17, 15) is 19.1 Å². The maximum atomic E-state index is 14.9. The minimum absolute atomic E-state index is 0.0531. The summed E-state index contributed by atoms with van der Waals surface area (Å²) in [6.45, 7) is 0.344. The van der Waals surface area contributed by atoms with Crippen LogP contribution in [0, 0.1) is 5.82 Å². The number of ether oxygens (including phenoxy) is 2. The first-order valence-electron chi connectivity index (χ1n) is 11.6. The first-order valence-corrected chi connectivity index (χ1v) is 12.5. The van der Waals surface area contributed by atoms with Gasteiger partial charge in [0.1, 0.15) is 11.6 Å². The molecule has 38 heavy (non-hydrogen) atoms. The number of thiazole rings is 1. The van der Waals surface area contributed by atoms with Crippen molar-refractivity contribution in [2.45, 2.75) is 37.2 Å². The van der Waals surface area contributed by atoms with Crippen LogP contribution in [0.4, 0.5) is 10.2 Å². The largest absolute Gasteiger partial charge is 0.457 e. The molecule has 0 aliphatic heterocycles. The summed E-state index contributed by atoms with van der Waals surface area (Å²) in [4.78, 5) is 30.3. The van der Waals surface area contributed by atoms with Crippen LogP contribution in [0.2, 0.25) is 0 Å². The van der Waals surface area contributed by atoms with Crippen LogP contribution < -0.4 is 5.73 Å². The first-order chi connectivity index (χ1) is 18.4. The Morgan fingerprint density at radius 2 is 2.13 bits per heavy atom. The van der Waals surface area contributed by atoms with Crippen molar-refractivity contribution in [2.75, 3.05) is 5.73 Å². The Labute approximate surface area is 217 Å². The molecule has 0 amide bonds. The van der Waals surface area contributed by atoms with Crippen LogP contribution in [0.25, 0.3) is 43.6 Å². The lowest BCUT2D eigenvalue weighted by Gasteiger charge is -2.39. The normalized spacial score (nSPS) is 21.5. The highest BCUT2D eigenvalue weighted by Crippen LogP contribution is 2.41. The molecule has 4 aromatic heterocycles. The molecular formula is C25H20FN5O6S. The number of benzene rings is 1. The van der Waals surface area contributed by atoms with Gasteiger partial charge in [0.25, 0.3) is 12.9 Å². The summed E-state index contributed by atoms with van der Waals surface area (Å²) in [5.41, 5.74) is 10.4. The molecule has 0 saturated heterocycles. The number of anilines is 1. The number of aliphatic hydroxyl groups is 1. The standard InChI is InChI=1S/C25H20FN5O6S/c26-17-1-2-18-23(38-10-29-18)21(17)19-6-15-16(8-28-24(27)22(15)37-19)13-7-30-31(9-13)14-3-4-25(34,36-12-33)20(5-14)35-11-32/h1-2,6-12,14,20,34H,3-5H2,(H2,27,28). The van der Waals surface area contributed by atoms with Crippen molar-refractivity contribution in [3.63, 3.8) is 0 Å². The third-order valence-corrected chi connectivity index (χ3v) is 7.73. The molecule has 1 aliphatic carbocycles. The summed E-state index contributed by atoms with van der Waals surface area (Å²) < 4.78 is 33.1. The van der Waals surface area contributed by atoms with Gasteiger partial charge in [0, 0.05) is 41.7 Å². The molecule has 3 atom stereocenters. The van der Waals surface area contributed by atoms with Crippen LogP contribution in [-0.4, -0.2) is 49.7 Å². The third-order valence-electron chi connectivity index (χ3n) is 6.87. The summed E-state index contributed by atoms with van der Waals surface area (Å²) in [6.07, 6.45) is 4.61. The van der Waals surface area contributed by atoms with Crippen LogP contribution in [0.3, 0.4) is 0 Å². The Morgan fingerprint density at radius 1 is 1.26 bits per heavy atom. The number of nitrogens with zero attached hydrogens (tertiary/aromatic N) is 4. The predicted molar refractivity (Wildman–Crippen MR) is 134 cm³/mol. The number of nitrogen functional groups attached to an aromatic ring is 1. The molecule has 0 spiro atoms. The fraction of sp³-hybridized carbons (Fsp3) is 0.240. The molecule has 1 fully saturated rings. The summed E-state index contributed by atoms with van der Waals surface area (Å²) in [7, 11) is 0. The van der Waals surface area contributed by atoms with Gasteiger partial charge in [-0.15, -0.1) is 11.3 Å². The molecule has 0 bridgehead atoms. The Kier molecular flexibility index (Phi) is 5.80. The van der Waals surface area contributed by atoms with E-state index < -0.39 is 17.7 Å². The van der Waals surface area contributed by atoms with Crippen LogP contribution in [-0.2, 0) is 19.1 Å². The number of halogens is 1. The van der Waals surface area contributed by atoms with Crippen LogP contribution in [0.1, 0.15) is 25.3 Å². The highest BCUT2D eigenvalue weighted by molar-refractivity contribution is 7.17. The molecule has 3 N–H and O–H groups in total. The molecule has 0 radical (unpaired) electrons. The molecule has 1 aliphatic rings. The Morgan fingerprint density at radius 3 is 2.95 bits per heavy atom. The van der Waals surface area contributed by atoms with Gasteiger partial charge < -0.3 is 24.7 Å². The van der Waals surface area contributed by atoms with Crippen molar-refractivity contribution in [1.82, 2.24) is 19.7 Å². The highest BCUT2D eigenvalue weighted by atomic mass is 32.1. The minimum atomic E-state index is -1.90. The zero-order valence-electron chi connectivity index (χ0n) is 19.6. The van der Waals surface area contributed by atoms with Gasteiger partial charge in [-0.2, -0.15) is 5.10 Å². The second-order valence-electron chi connectivity index (χ2n) is 8.95. The topological polar surface area (TPSA) is 156 Å². The van der Waals surface area contributed by atoms with Crippen LogP contribution >= 0.6 is 11.3 Å². The van der Waals surface area contributed by atoms with E-state index in [1.54, 1.807) is 40.9 Å². The van der Waals surface area contributed by atoms with Crippen molar-refractivity contribution >= 4 is 51.3 Å². The molecule has 11 nitrogen and oxygen atoms in total. The number of aromatic nitrogens is 4. The van der Waals surface area contributed by atoms with Crippen molar-refractivity contribution in [1.29, 1.82) is 0 Å². The van der Waals surface area contributed by atoms with E-state index >= 15 is 0 Å². The molecule has 6 rings (SSSR count). The number of furan rings is 1. The van der Waals surface area contributed by atoms with E-state index in [-0.39, 0.29) is 37.6 Å². The number of carbonyl (C=O) groups excluding carboxylic acids is 2. The highest BCUT2D eigenvalue weighted by Gasteiger charge is 2.46. The lowest BCUT2D eigenvalue weighted by atomic mass is 9.87. The van der Waals surface area contributed by atoms with Crippen molar-refractivity contribution in [3.8, 4) is 22.5 Å². The van der Waals surface area contributed by atoms with Gasteiger partial charge >= 0.3 is 0 Å². The third kappa shape index (κ3) is 3.87. The number of nitrogens with two attached hydrogens (primary N) is 1. The number of pyridine rings is 1. The van der Waals surface area contributed by atoms with Gasteiger partial charge in [0.05, 0.1) is 33.5 Å². The van der Waals surface area contributed by atoms with E-state index in [1.807, 2.05) is 0 Å². The number of fused-ring (bicyclic) bond motifs is 2. The lowest BCUT2D eigenvalue weighted by molar-refractivity contribution is -0.258. The second-order valence-corrected chi connectivity index (χ2v) is 9.81. The molecule has 194 valence electrons. The summed E-state index contributed by atoms with van der Waals surface area (Å²) in [6, 6.07) is 4.44. The zero-order chi connectivity index (χ0) is 26.4. The molecular weight excluding hydrogens is 517 g/mol. The quantitative estimate of drug-likeness (QED) is 0.231. The maximum absolute atomic E-state index is 14.9. The molecule has 1 saturated carbocycles. The van der Waals surface area contributed by atoms with Gasteiger partial charge in [0.2, 0.25) is 5.79 Å². The summed E-state index contributed by atoms with van der Waals surface area (Å²) >= 11 is 1.31. The monoisotopic (exact) mass is 537 g/mol. The zero-order valence-corrected chi connectivity index (χ0v) is 20.4. The van der Waals surface area contributed by atoms with Crippen LogP contribution in [0.5, 0.6) is 0 Å². The van der Waals surface area contributed by atoms with Crippen molar-refractivity contribution in [3.05, 3.63) is 48.1 Å². The molecule has 5 aromatic rings. The lowest BCUT2D eigenvalue weighted by Crippen LogP contribution is -2.50. The van der Waals surface area contributed by atoms with E-state index in [0.29, 0.717) is 50.1 Å².